The number of nitro benzene ring substituents is 1. The number of benzene rings is 2. The molecule has 2 aliphatic rings. The highest BCUT2D eigenvalue weighted by molar-refractivity contribution is 5.96. The Balaban J connectivity index is 1.53. The molecule has 7 heteroatoms. The number of hydrogen-bond acceptors (Lipinski definition) is 5. The summed E-state index contributed by atoms with van der Waals surface area (Å²) < 4.78 is 5.29. The number of anilines is 1. The zero-order valence-corrected chi connectivity index (χ0v) is 17.0. The first-order valence-electron chi connectivity index (χ1n) is 10.6. The molecular weight excluding hydrogens is 382 g/mol. The summed E-state index contributed by atoms with van der Waals surface area (Å²) >= 11 is 0. The summed E-state index contributed by atoms with van der Waals surface area (Å²) in [4.78, 5) is 28.0. The van der Waals surface area contributed by atoms with Crippen LogP contribution in [0.25, 0.3) is 0 Å². The van der Waals surface area contributed by atoms with E-state index >= 15 is 0 Å². The van der Waals surface area contributed by atoms with Crippen LogP contribution in [0.1, 0.15) is 41.1 Å². The minimum atomic E-state index is -0.370. The van der Waals surface area contributed by atoms with Gasteiger partial charge in [0.2, 0.25) is 0 Å². The first-order valence-corrected chi connectivity index (χ1v) is 10.6. The fourth-order valence-corrected chi connectivity index (χ4v) is 4.41. The van der Waals surface area contributed by atoms with E-state index < -0.39 is 0 Å². The normalized spacial score (nSPS) is 19.9. The van der Waals surface area contributed by atoms with Gasteiger partial charge in [0.05, 0.1) is 18.1 Å². The van der Waals surface area contributed by atoms with Crippen LogP contribution in [0.5, 0.6) is 0 Å². The summed E-state index contributed by atoms with van der Waals surface area (Å²) in [5.41, 5.74) is 2.31. The van der Waals surface area contributed by atoms with Crippen molar-refractivity contribution >= 4 is 17.3 Å². The predicted molar refractivity (Wildman–Crippen MR) is 115 cm³/mol. The van der Waals surface area contributed by atoms with Gasteiger partial charge < -0.3 is 14.5 Å². The second-order valence-electron chi connectivity index (χ2n) is 7.89. The van der Waals surface area contributed by atoms with Gasteiger partial charge in [0.25, 0.3) is 11.6 Å². The molecule has 2 aromatic carbocycles. The van der Waals surface area contributed by atoms with Crippen molar-refractivity contribution in [2.75, 3.05) is 44.3 Å². The quantitative estimate of drug-likeness (QED) is 0.566. The summed E-state index contributed by atoms with van der Waals surface area (Å²) in [6, 6.07) is 15.4. The second-order valence-corrected chi connectivity index (χ2v) is 7.89. The number of hydrogen-bond donors (Lipinski definition) is 0. The van der Waals surface area contributed by atoms with E-state index in [0.29, 0.717) is 43.5 Å². The van der Waals surface area contributed by atoms with Crippen molar-refractivity contribution in [1.82, 2.24) is 4.90 Å². The van der Waals surface area contributed by atoms with E-state index in [-0.39, 0.29) is 16.5 Å². The highest BCUT2D eigenvalue weighted by atomic mass is 16.6. The van der Waals surface area contributed by atoms with Crippen LogP contribution in [0.2, 0.25) is 0 Å². The number of morpholine rings is 1. The Bertz CT molecular complexity index is 897. The molecule has 30 heavy (non-hydrogen) atoms. The van der Waals surface area contributed by atoms with E-state index in [2.05, 4.69) is 29.2 Å². The number of nitrogens with zero attached hydrogens (tertiary/aromatic N) is 3. The van der Waals surface area contributed by atoms with Gasteiger partial charge >= 0.3 is 0 Å². The Morgan fingerprint density at radius 3 is 2.50 bits per heavy atom. The molecule has 7 nitrogen and oxygen atoms in total. The monoisotopic (exact) mass is 409 g/mol. The average Bonchev–Trinajstić information content (AvgIpc) is 3.05. The first-order chi connectivity index (χ1) is 14.6. The minimum absolute atomic E-state index is 0.00673. The van der Waals surface area contributed by atoms with Crippen molar-refractivity contribution < 1.29 is 14.5 Å². The highest BCUT2D eigenvalue weighted by Crippen LogP contribution is 2.34. The SMILES string of the molecule is O=C(c1ccc(N2CCCC(c3ccccc3)CC2)c([N+](=O)[O-])c1)N1CCOCC1. The molecular formula is C23H27N3O4. The van der Waals surface area contributed by atoms with Crippen LogP contribution in [-0.4, -0.2) is 55.1 Å². The maximum absolute atomic E-state index is 12.8. The van der Waals surface area contributed by atoms with Crippen LogP contribution in [0, 0.1) is 10.1 Å². The molecule has 0 spiro atoms. The van der Waals surface area contributed by atoms with Gasteiger partial charge in [-0.1, -0.05) is 30.3 Å². The second kappa shape index (κ2) is 9.26. The Morgan fingerprint density at radius 1 is 1.00 bits per heavy atom. The average molecular weight is 409 g/mol. The summed E-state index contributed by atoms with van der Waals surface area (Å²) in [6.45, 7) is 3.57. The molecule has 0 bridgehead atoms. The molecule has 0 saturated carbocycles. The lowest BCUT2D eigenvalue weighted by molar-refractivity contribution is -0.384. The Kier molecular flexibility index (Phi) is 6.28. The molecule has 0 aromatic heterocycles. The third kappa shape index (κ3) is 4.46. The van der Waals surface area contributed by atoms with Crippen LogP contribution in [-0.2, 0) is 4.74 Å². The fourth-order valence-electron chi connectivity index (χ4n) is 4.41. The smallest absolute Gasteiger partial charge is 0.293 e. The number of carbonyl (C=O) groups is 1. The lowest BCUT2D eigenvalue weighted by Crippen LogP contribution is -2.40. The number of rotatable bonds is 4. The molecule has 2 saturated heterocycles. The van der Waals surface area contributed by atoms with Crippen LogP contribution < -0.4 is 4.90 Å². The van der Waals surface area contributed by atoms with Crippen LogP contribution in [0.4, 0.5) is 11.4 Å². The molecule has 0 N–H and O–H groups in total. The minimum Gasteiger partial charge on any atom is -0.378 e. The molecule has 2 aromatic rings. The standard InChI is InChI=1S/C23H27N3O4/c27-23(25-13-15-30-16-14-25)20-8-9-21(22(17-20)26(28)29)24-11-4-7-19(10-12-24)18-5-2-1-3-6-18/h1-3,5-6,8-9,17,19H,4,7,10-16H2. The molecule has 158 valence electrons. The van der Waals surface area contributed by atoms with Gasteiger partial charge in [-0.2, -0.15) is 0 Å². The van der Waals surface area contributed by atoms with Crippen LogP contribution >= 0.6 is 0 Å². The maximum Gasteiger partial charge on any atom is 0.293 e. The molecule has 1 unspecified atom stereocenters. The largest absolute Gasteiger partial charge is 0.378 e. The van der Waals surface area contributed by atoms with Gasteiger partial charge in [0.15, 0.2) is 0 Å². The third-order valence-corrected chi connectivity index (χ3v) is 6.06. The Labute approximate surface area is 176 Å². The molecule has 4 rings (SSSR count). The van der Waals surface area contributed by atoms with E-state index in [4.69, 9.17) is 4.74 Å². The summed E-state index contributed by atoms with van der Waals surface area (Å²) in [6.07, 6.45) is 3.00. The molecule has 2 fully saturated rings. The van der Waals surface area contributed by atoms with Crippen molar-refractivity contribution in [2.45, 2.75) is 25.2 Å². The number of carbonyl (C=O) groups excluding carboxylic acids is 1. The number of ether oxygens (including phenoxy) is 1. The molecule has 1 atom stereocenters. The zero-order valence-electron chi connectivity index (χ0n) is 17.0. The maximum atomic E-state index is 12.8. The Hall–Kier alpha value is -2.93. The van der Waals surface area contributed by atoms with E-state index in [1.165, 1.54) is 11.6 Å². The van der Waals surface area contributed by atoms with Crippen molar-refractivity contribution in [3.8, 4) is 0 Å². The first kappa shape index (κ1) is 20.3. The molecule has 0 aliphatic carbocycles. The molecule has 1 amide bonds. The molecule has 0 radical (unpaired) electrons. The summed E-state index contributed by atoms with van der Waals surface area (Å²) in [7, 11) is 0. The van der Waals surface area contributed by atoms with Gasteiger partial charge in [-0.05, 0) is 42.9 Å². The molecule has 2 heterocycles. The fraction of sp³-hybridized carbons (Fsp3) is 0.435. The third-order valence-electron chi connectivity index (χ3n) is 6.06. The van der Waals surface area contributed by atoms with E-state index in [1.54, 1.807) is 17.0 Å². The van der Waals surface area contributed by atoms with E-state index in [0.717, 1.165) is 32.4 Å². The number of nitro groups is 1. The topological polar surface area (TPSA) is 75.9 Å². The van der Waals surface area contributed by atoms with E-state index in [1.807, 2.05) is 6.07 Å². The summed E-state index contributed by atoms with van der Waals surface area (Å²) in [5.74, 6) is 0.297. The van der Waals surface area contributed by atoms with Crippen molar-refractivity contribution in [3.63, 3.8) is 0 Å². The van der Waals surface area contributed by atoms with Crippen LogP contribution in [0.3, 0.4) is 0 Å². The Morgan fingerprint density at radius 2 is 1.77 bits per heavy atom. The van der Waals surface area contributed by atoms with Crippen molar-refractivity contribution in [2.24, 2.45) is 0 Å². The molecule has 2 aliphatic heterocycles. The lowest BCUT2D eigenvalue weighted by atomic mass is 9.92. The van der Waals surface area contributed by atoms with Gasteiger partial charge in [-0.25, -0.2) is 0 Å². The number of amides is 1. The highest BCUT2D eigenvalue weighted by Gasteiger charge is 2.26. The van der Waals surface area contributed by atoms with Crippen molar-refractivity contribution in [3.05, 3.63) is 69.8 Å². The van der Waals surface area contributed by atoms with Gasteiger partial charge in [-0.15, -0.1) is 0 Å². The zero-order chi connectivity index (χ0) is 20.9. The van der Waals surface area contributed by atoms with Gasteiger partial charge in [0.1, 0.15) is 5.69 Å². The van der Waals surface area contributed by atoms with Crippen molar-refractivity contribution in [1.29, 1.82) is 0 Å². The van der Waals surface area contributed by atoms with Gasteiger partial charge in [0, 0.05) is 37.8 Å². The lowest BCUT2D eigenvalue weighted by Gasteiger charge is -2.27. The predicted octanol–water partition coefficient (Wildman–Crippen LogP) is 3.84. The van der Waals surface area contributed by atoms with E-state index in [9.17, 15) is 14.9 Å². The van der Waals surface area contributed by atoms with Crippen LogP contribution in [0.15, 0.2) is 48.5 Å². The summed E-state index contributed by atoms with van der Waals surface area (Å²) in [5, 5.41) is 11.8. The van der Waals surface area contributed by atoms with Gasteiger partial charge in [-0.3, -0.25) is 14.9 Å².